The van der Waals surface area contributed by atoms with Crippen LogP contribution in [0.15, 0.2) is 6.20 Å². The predicted octanol–water partition coefficient (Wildman–Crippen LogP) is 2.93. The van der Waals surface area contributed by atoms with Crippen LogP contribution in [0.1, 0.15) is 30.8 Å². The van der Waals surface area contributed by atoms with E-state index in [4.69, 9.17) is 34.8 Å². The zero-order chi connectivity index (χ0) is 13.9. The third-order valence-corrected chi connectivity index (χ3v) is 3.45. The highest BCUT2D eigenvalue weighted by molar-refractivity contribution is 6.48. The number of nitrogens with one attached hydrogen (secondary N) is 1. The number of hydrogen-bond donors (Lipinski definition) is 2. The van der Waals surface area contributed by atoms with Gasteiger partial charge in [0.2, 0.25) is 0 Å². The van der Waals surface area contributed by atoms with Gasteiger partial charge in [0.15, 0.2) is 0 Å². The van der Waals surface area contributed by atoms with Gasteiger partial charge in [0.05, 0.1) is 21.2 Å². The van der Waals surface area contributed by atoms with Crippen LogP contribution in [0.3, 0.4) is 0 Å². The van der Waals surface area contributed by atoms with Crippen LogP contribution in [0.4, 0.5) is 0 Å². The molecule has 1 rings (SSSR count). The van der Waals surface area contributed by atoms with Crippen molar-refractivity contribution in [1.29, 1.82) is 0 Å². The van der Waals surface area contributed by atoms with Crippen molar-refractivity contribution in [3.8, 4) is 0 Å². The fraction of sp³-hybridized carbons (Fsp3) is 0.455. The molecular formula is C11H13Cl3N2O2. The lowest BCUT2D eigenvalue weighted by molar-refractivity contribution is 0.0918. The number of hydrogen-bond acceptors (Lipinski definition) is 3. The number of amides is 1. The topological polar surface area (TPSA) is 62.2 Å². The second-order valence-corrected chi connectivity index (χ2v) is 5.21. The highest BCUT2D eigenvalue weighted by Gasteiger charge is 2.18. The van der Waals surface area contributed by atoms with Gasteiger partial charge in [0, 0.05) is 12.2 Å². The third-order valence-electron chi connectivity index (χ3n) is 2.20. The molecule has 0 fully saturated rings. The second kappa shape index (κ2) is 6.57. The molecule has 0 saturated heterocycles. The van der Waals surface area contributed by atoms with Gasteiger partial charge >= 0.3 is 0 Å². The summed E-state index contributed by atoms with van der Waals surface area (Å²) in [5.74, 6) is -0.452. The minimum atomic E-state index is -0.502. The number of carbonyl (C=O) groups is 1. The first-order chi connectivity index (χ1) is 8.32. The number of halogens is 3. The summed E-state index contributed by atoms with van der Waals surface area (Å²) < 4.78 is 0. The first kappa shape index (κ1) is 15.5. The molecule has 7 heteroatoms. The zero-order valence-electron chi connectivity index (χ0n) is 9.88. The summed E-state index contributed by atoms with van der Waals surface area (Å²) in [6.45, 7) is 3.42. The molecule has 4 nitrogen and oxygen atoms in total. The summed E-state index contributed by atoms with van der Waals surface area (Å²) in [7, 11) is 0. The fourth-order valence-corrected chi connectivity index (χ4v) is 2.03. The molecule has 1 amide bonds. The van der Waals surface area contributed by atoms with Gasteiger partial charge in [-0.2, -0.15) is 0 Å². The van der Waals surface area contributed by atoms with Crippen LogP contribution >= 0.6 is 34.8 Å². The molecule has 1 heterocycles. The zero-order valence-corrected chi connectivity index (χ0v) is 12.1. The standard InChI is InChI=1S/C11H13Cl3N2O2/c1-5(3-6(2)17)16-11(18)10-9(14)8(13)7(12)4-15-10/h4-6,17H,3H2,1-2H3,(H,16,18). The van der Waals surface area contributed by atoms with Crippen molar-refractivity contribution in [3.05, 3.63) is 27.0 Å². The first-order valence-electron chi connectivity index (χ1n) is 5.31. The van der Waals surface area contributed by atoms with Crippen LogP contribution < -0.4 is 5.32 Å². The quantitative estimate of drug-likeness (QED) is 0.898. The molecule has 2 N–H and O–H groups in total. The molecule has 0 aliphatic heterocycles. The Morgan fingerprint density at radius 1 is 1.39 bits per heavy atom. The van der Waals surface area contributed by atoms with E-state index in [1.807, 2.05) is 0 Å². The molecule has 0 aliphatic carbocycles. The Balaban J connectivity index is 2.82. The van der Waals surface area contributed by atoms with Crippen LogP contribution in [0.2, 0.25) is 15.1 Å². The maximum atomic E-state index is 11.9. The largest absolute Gasteiger partial charge is 0.393 e. The summed E-state index contributed by atoms with van der Waals surface area (Å²) in [5, 5.41) is 12.2. The highest BCUT2D eigenvalue weighted by atomic mass is 35.5. The van der Waals surface area contributed by atoms with E-state index >= 15 is 0 Å². The maximum absolute atomic E-state index is 11.9. The molecule has 0 spiro atoms. The Labute approximate surface area is 120 Å². The number of aliphatic hydroxyl groups is 1. The van der Waals surface area contributed by atoms with E-state index in [0.717, 1.165) is 0 Å². The van der Waals surface area contributed by atoms with E-state index in [1.54, 1.807) is 13.8 Å². The number of nitrogens with zero attached hydrogens (tertiary/aromatic N) is 1. The van der Waals surface area contributed by atoms with Crippen LogP contribution in [-0.4, -0.2) is 28.1 Å². The van der Waals surface area contributed by atoms with Crippen molar-refractivity contribution >= 4 is 40.7 Å². The lowest BCUT2D eigenvalue weighted by atomic mass is 10.1. The van der Waals surface area contributed by atoms with Crippen molar-refractivity contribution in [1.82, 2.24) is 10.3 Å². The first-order valence-corrected chi connectivity index (χ1v) is 6.44. The molecular weight excluding hydrogens is 298 g/mol. The fourth-order valence-electron chi connectivity index (χ4n) is 1.46. The van der Waals surface area contributed by atoms with E-state index in [2.05, 4.69) is 10.3 Å². The molecule has 2 atom stereocenters. The number of aliphatic hydroxyl groups excluding tert-OH is 1. The summed E-state index contributed by atoms with van der Waals surface area (Å²) in [6, 6.07) is -0.204. The predicted molar refractivity (Wildman–Crippen MR) is 72.5 cm³/mol. The smallest absolute Gasteiger partial charge is 0.271 e. The molecule has 1 aromatic rings. The van der Waals surface area contributed by atoms with Gasteiger partial charge in [-0.1, -0.05) is 34.8 Å². The monoisotopic (exact) mass is 310 g/mol. The molecule has 18 heavy (non-hydrogen) atoms. The Kier molecular flexibility index (Phi) is 5.66. The van der Waals surface area contributed by atoms with Gasteiger partial charge in [0.1, 0.15) is 5.69 Å². The normalized spacial score (nSPS) is 14.1. The van der Waals surface area contributed by atoms with Gasteiger partial charge in [0.25, 0.3) is 5.91 Å². The van der Waals surface area contributed by atoms with Gasteiger partial charge in [-0.15, -0.1) is 0 Å². The van der Waals surface area contributed by atoms with Crippen LogP contribution in [0, 0.1) is 0 Å². The SMILES string of the molecule is CC(O)CC(C)NC(=O)c1ncc(Cl)c(Cl)c1Cl. The van der Waals surface area contributed by atoms with Crippen molar-refractivity contribution < 1.29 is 9.90 Å². The van der Waals surface area contributed by atoms with Gasteiger partial charge in [-0.3, -0.25) is 4.79 Å². The molecule has 2 unspecified atom stereocenters. The molecule has 1 aromatic heterocycles. The Bertz CT molecular complexity index is 452. The van der Waals surface area contributed by atoms with Crippen LogP contribution in [-0.2, 0) is 0 Å². The van der Waals surface area contributed by atoms with Crippen molar-refractivity contribution in [2.75, 3.05) is 0 Å². The van der Waals surface area contributed by atoms with E-state index < -0.39 is 12.0 Å². The Morgan fingerprint density at radius 3 is 2.56 bits per heavy atom. The summed E-state index contributed by atoms with van der Waals surface area (Å²) >= 11 is 17.4. The summed E-state index contributed by atoms with van der Waals surface area (Å²) in [5.41, 5.74) is 0.0171. The lowest BCUT2D eigenvalue weighted by Gasteiger charge is -2.15. The van der Waals surface area contributed by atoms with Crippen LogP contribution in [0.5, 0.6) is 0 Å². The highest BCUT2D eigenvalue weighted by Crippen LogP contribution is 2.30. The molecule has 0 bridgehead atoms. The van der Waals surface area contributed by atoms with Crippen LogP contribution in [0.25, 0.3) is 0 Å². The van der Waals surface area contributed by atoms with Crippen molar-refractivity contribution in [2.24, 2.45) is 0 Å². The number of pyridine rings is 1. The number of rotatable bonds is 4. The van der Waals surface area contributed by atoms with E-state index in [9.17, 15) is 9.90 Å². The molecule has 0 saturated carbocycles. The second-order valence-electron chi connectivity index (χ2n) is 4.04. The van der Waals surface area contributed by atoms with Gasteiger partial charge in [-0.25, -0.2) is 4.98 Å². The Morgan fingerprint density at radius 2 is 2.00 bits per heavy atom. The lowest BCUT2D eigenvalue weighted by Crippen LogP contribution is -2.35. The van der Waals surface area contributed by atoms with E-state index in [1.165, 1.54) is 6.20 Å². The third kappa shape index (κ3) is 3.99. The van der Waals surface area contributed by atoms with Crippen molar-refractivity contribution in [2.45, 2.75) is 32.4 Å². The Hall–Kier alpha value is -0.550. The molecule has 0 aromatic carbocycles. The average molecular weight is 312 g/mol. The molecule has 100 valence electrons. The average Bonchev–Trinajstić information content (AvgIpc) is 2.24. The number of aromatic nitrogens is 1. The van der Waals surface area contributed by atoms with E-state index in [-0.39, 0.29) is 26.8 Å². The molecule has 0 aliphatic rings. The van der Waals surface area contributed by atoms with E-state index in [0.29, 0.717) is 6.42 Å². The summed E-state index contributed by atoms with van der Waals surface area (Å²) in [4.78, 5) is 15.7. The van der Waals surface area contributed by atoms with Gasteiger partial charge < -0.3 is 10.4 Å². The summed E-state index contributed by atoms with van der Waals surface area (Å²) in [6.07, 6.45) is 1.20. The van der Waals surface area contributed by atoms with Crippen molar-refractivity contribution in [3.63, 3.8) is 0 Å². The van der Waals surface area contributed by atoms with Gasteiger partial charge in [-0.05, 0) is 20.3 Å². The minimum Gasteiger partial charge on any atom is -0.393 e. The minimum absolute atomic E-state index is 0.0171. The molecule has 0 radical (unpaired) electrons. The maximum Gasteiger partial charge on any atom is 0.271 e. The number of carbonyl (C=O) groups excluding carboxylic acids is 1.